The van der Waals surface area contributed by atoms with Crippen molar-refractivity contribution >= 4 is 21.5 Å². The minimum atomic E-state index is -3.69. The van der Waals surface area contributed by atoms with Crippen LogP contribution < -0.4 is 15.4 Å². The fourth-order valence-electron chi connectivity index (χ4n) is 1.76. The lowest BCUT2D eigenvalue weighted by Gasteiger charge is -2.13. The van der Waals surface area contributed by atoms with Crippen molar-refractivity contribution in [1.29, 1.82) is 0 Å². The van der Waals surface area contributed by atoms with Gasteiger partial charge >= 0.3 is 0 Å². The first-order chi connectivity index (χ1) is 9.86. The molecule has 0 radical (unpaired) electrons. The highest BCUT2D eigenvalue weighted by Crippen LogP contribution is 2.14. The molecular weight excluding hydrogens is 288 g/mol. The maximum Gasteiger partial charge on any atom is 0.239 e. The third-order valence-electron chi connectivity index (χ3n) is 2.99. The zero-order valence-electron chi connectivity index (χ0n) is 11.9. The van der Waals surface area contributed by atoms with E-state index in [0.717, 1.165) is 11.3 Å². The van der Waals surface area contributed by atoms with Crippen LogP contribution in [-0.2, 0) is 16.6 Å². The maximum absolute atomic E-state index is 11.1. The molecule has 0 aliphatic heterocycles. The number of pyridine rings is 1. The van der Waals surface area contributed by atoms with Crippen molar-refractivity contribution in [3.05, 3.63) is 48.2 Å². The monoisotopic (exact) mass is 306 g/mol. The highest BCUT2D eigenvalue weighted by molar-refractivity contribution is 7.89. The molecule has 1 heterocycles. The smallest absolute Gasteiger partial charge is 0.239 e. The Labute approximate surface area is 124 Å². The minimum Gasteiger partial charge on any atom is -0.378 e. The number of primary sulfonamides is 1. The van der Waals surface area contributed by atoms with E-state index in [2.05, 4.69) is 10.3 Å². The highest BCUT2D eigenvalue weighted by Gasteiger charge is 2.07. The van der Waals surface area contributed by atoms with E-state index in [0.29, 0.717) is 12.4 Å². The van der Waals surface area contributed by atoms with Crippen LogP contribution in [-0.4, -0.2) is 27.5 Å². The summed E-state index contributed by atoms with van der Waals surface area (Å²) in [6.45, 7) is 0.607. The quantitative estimate of drug-likeness (QED) is 0.872. The average molecular weight is 306 g/mol. The summed E-state index contributed by atoms with van der Waals surface area (Å²) >= 11 is 0. The van der Waals surface area contributed by atoms with E-state index in [4.69, 9.17) is 5.14 Å². The Morgan fingerprint density at radius 2 is 1.81 bits per heavy atom. The lowest BCUT2D eigenvalue weighted by Crippen LogP contribution is -2.12. The average Bonchev–Trinajstić information content (AvgIpc) is 2.45. The number of nitrogens with two attached hydrogens (primary N) is 1. The van der Waals surface area contributed by atoms with E-state index in [9.17, 15) is 8.42 Å². The number of benzene rings is 1. The van der Waals surface area contributed by atoms with Crippen LogP contribution in [0.4, 0.5) is 11.5 Å². The maximum atomic E-state index is 11.1. The van der Waals surface area contributed by atoms with Crippen LogP contribution in [0.1, 0.15) is 5.56 Å². The molecule has 0 saturated carbocycles. The number of anilines is 2. The SMILES string of the molecule is CN(C)c1ccc(CNc2ccc(S(N)(=O)=O)cn2)cc1. The Morgan fingerprint density at radius 1 is 1.14 bits per heavy atom. The topological polar surface area (TPSA) is 88.3 Å². The Bertz CT molecular complexity index is 695. The van der Waals surface area contributed by atoms with Gasteiger partial charge in [-0.25, -0.2) is 18.5 Å². The van der Waals surface area contributed by atoms with Gasteiger partial charge in [-0.3, -0.25) is 0 Å². The van der Waals surface area contributed by atoms with Gasteiger partial charge in [0.2, 0.25) is 10.0 Å². The first-order valence-electron chi connectivity index (χ1n) is 6.35. The van der Waals surface area contributed by atoms with Crippen LogP contribution in [0.25, 0.3) is 0 Å². The number of sulfonamides is 1. The Balaban J connectivity index is 2.00. The van der Waals surface area contributed by atoms with Crippen LogP contribution in [0.2, 0.25) is 0 Å². The van der Waals surface area contributed by atoms with Gasteiger partial charge in [-0.15, -0.1) is 0 Å². The van der Waals surface area contributed by atoms with Crippen molar-refractivity contribution < 1.29 is 8.42 Å². The van der Waals surface area contributed by atoms with E-state index in [1.165, 1.54) is 12.3 Å². The normalized spacial score (nSPS) is 11.2. The van der Waals surface area contributed by atoms with Crippen molar-refractivity contribution in [1.82, 2.24) is 4.98 Å². The number of rotatable bonds is 5. The van der Waals surface area contributed by atoms with E-state index in [1.807, 2.05) is 43.3 Å². The Kier molecular flexibility index (Phi) is 4.44. The van der Waals surface area contributed by atoms with Crippen molar-refractivity contribution in [2.75, 3.05) is 24.3 Å². The van der Waals surface area contributed by atoms with Crippen LogP contribution >= 0.6 is 0 Å². The Morgan fingerprint density at radius 3 is 2.29 bits per heavy atom. The van der Waals surface area contributed by atoms with Crippen LogP contribution in [0.5, 0.6) is 0 Å². The summed E-state index contributed by atoms with van der Waals surface area (Å²) in [6.07, 6.45) is 1.24. The molecule has 0 fully saturated rings. The van der Waals surface area contributed by atoms with Gasteiger partial charge in [-0.2, -0.15) is 0 Å². The molecule has 2 rings (SSSR count). The summed E-state index contributed by atoms with van der Waals surface area (Å²) in [5, 5.41) is 8.15. The van der Waals surface area contributed by atoms with Crippen LogP contribution in [0, 0.1) is 0 Å². The van der Waals surface area contributed by atoms with E-state index < -0.39 is 10.0 Å². The first kappa shape index (κ1) is 15.3. The summed E-state index contributed by atoms with van der Waals surface area (Å²) in [7, 11) is 0.286. The van der Waals surface area contributed by atoms with Crippen molar-refractivity contribution in [3.63, 3.8) is 0 Å². The summed E-state index contributed by atoms with van der Waals surface area (Å²) < 4.78 is 22.2. The summed E-state index contributed by atoms with van der Waals surface area (Å²) in [6, 6.07) is 11.2. The molecule has 1 aromatic heterocycles. The van der Waals surface area contributed by atoms with Gasteiger partial charge in [0.15, 0.2) is 0 Å². The van der Waals surface area contributed by atoms with Crippen molar-refractivity contribution in [2.24, 2.45) is 5.14 Å². The van der Waals surface area contributed by atoms with Gasteiger partial charge in [0.25, 0.3) is 0 Å². The molecule has 0 amide bonds. The standard InChI is InChI=1S/C14H18N4O2S/c1-18(2)12-5-3-11(4-6-12)9-16-14-8-7-13(10-17-14)21(15,19)20/h3-8,10H,9H2,1-2H3,(H,16,17)(H2,15,19,20). The lowest BCUT2D eigenvalue weighted by molar-refractivity contribution is 0.597. The van der Waals surface area contributed by atoms with Crippen molar-refractivity contribution in [3.8, 4) is 0 Å². The van der Waals surface area contributed by atoms with Crippen LogP contribution in [0.15, 0.2) is 47.5 Å². The largest absolute Gasteiger partial charge is 0.378 e. The molecule has 7 heteroatoms. The third kappa shape index (κ3) is 4.17. The lowest BCUT2D eigenvalue weighted by atomic mass is 10.2. The molecule has 3 N–H and O–H groups in total. The number of hydrogen-bond donors (Lipinski definition) is 2. The first-order valence-corrected chi connectivity index (χ1v) is 7.90. The van der Waals surface area contributed by atoms with E-state index in [-0.39, 0.29) is 4.90 Å². The molecule has 0 aliphatic carbocycles. The second-order valence-electron chi connectivity index (χ2n) is 4.84. The fourth-order valence-corrected chi connectivity index (χ4v) is 2.22. The van der Waals surface area contributed by atoms with Gasteiger partial charge in [-0.05, 0) is 29.8 Å². The molecule has 0 atom stereocenters. The van der Waals surface area contributed by atoms with E-state index in [1.54, 1.807) is 6.07 Å². The molecule has 6 nitrogen and oxygen atoms in total. The third-order valence-corrected chi connectivity index (χ3v) is 3.89. The molecule has 21 heavy (non-hydrogen) atoms. The molecule has 1 aromatic carbocycles. The molecule has 0 bridgehead atoms. The van der Waals surface area contributed by atoms with Crippen LogP contribution in [0.3, 0.4) is 0 Å². The molecule has 0 aliphatic rings. The number of hydrogen-bond acceptors (Lipinski definition) is 5. The number of nitrogens with one attached hydrogen (secondary N) is 1. The summed E-state index contributed by atoms with van der Waals surface area (Å²) in [4.78, 5) is 6.06. The molecule has 0 saturated heterocycles. The summed E-state index contributed by atoms with van der Waals surface area (Å²) in [5.74, 6) is 0.596. The van der Waals surface area contributed by atoms with Gasteiger partial charge in [0.05, 0.1) is 0 Å². The minimum absolute atomic E-state index is 0.00314. The van der Waals surface area contributed by atoms with Gasteiger partial charge < -0.3 is 10.2 Å². The van der Waals surface area contributed by atoms with Gasteiger partial charge in [0, 0.05) is 32.5 Å². The van der Waals surface area contributed by atoms with Gasteiger partial charge in [-0.1, -0.05) is 12.1 Å². The highest BCUT2D eigenvalue weighted by atomic mass is 32.2. The molecular formula is C14H18N4O2S. The van der Waals surface area contributed by atoms with Gasteiger partial charge in [0.1, 0.15) is 10.7 Å². The second-order valence-corrected chi connectivity index (χ2v) is 6.40. The molecule has 112 valence electrons. The predicted molar refractivity (Wildman–Crippen MR) is 83.7 cm³/mol. The fraction of sp³-hybridized carbons (Fsp3) is 0.214. The molecule has 0 spiro atoms. The second kappa shape index (κ2) is 6.11. The zero-order chi connectivity index (χ0) is 15.5. The number of nitrogens with zero attached hydrogens (tertiary/aromatic N) is 2. The predicted octanol–water partition coefficient (Wildman–Crippen LogP) is 1.41. The zero-order valence-corrected chi connectivity index (χ0v) is 12.8. The Hall–Kier alpha value is -2.12. The summed E-state index contributed by atoms with van der Waals surface area (Å²) in [5.41, 5.74) is 2.24. The molecule has 2 aromatic rings. The van der Waals surface area contributed by atoms with Crippen molar-refractivity contribution in [2.45, 2.75) is 11.4 Å². The molecule has 0 unspecified atom stereocenters. The number of aromatic nitrogens is 1. The van der Waals surface area contributed by atoms with E-state index >= 15 is 0 Å².